The summed E-state index contributed by atoms with van der Waals surface area (Å²) in [6, 6.07) is -0.0671. The Labute approximate surface area is 130 Å². The van der Waals surface area contributed by atoms with E-state index >= 15 is 0 Å². The summed E-state index contributed by atoms with van der Waals surface area (Å²) < 4.78 is 1.76. The topological polar surface area (TPSA) is 91.3 Å². The number of rotatable bonds is 5. The highest BCUT2D eigenvalue weighted by atomic mass is 16.2. The Morgan fingerprint density at radius 2 is 2.09 bits per heavy atom. The third kappa shape index (κ3) is 4.73. The van der Waals surface area contributed by atoms with E-state index in [0.717, 1.165) is 32.5 Å². The Kier molecular flexibility index (Phi) is 5.76. The lowest BCUT2D eigenvalue weighted by atomic mass is 10.1. The van der Waals surface area contributed by atoms with E-state index in [4.69, 9.17) is 0 Å². The van der Waals surface area contributed by atoms with Gasteiger partial charge in [-0.1, -0.05) is 0 Å². The Hall–Kier alpha value is -2.09. The maximum absolute atomic E-state index is 11.9. The molecule has 8 nitrogen and oxygen atoms in total. The number of likely N-dealkylation sites (tertiary alicyclic amines) is 1. The molecular weight excluding hydrogens is 284 g/mol. The van der Waals surface area contributed by atoms with Crippen LogP contribution < -0.4 is 16.0 Å². The highest BCUT2D eigenvalue weighted by Gasteiger charge is 2.21. The molecule has 0 unspecified atom stereocenters. The highest BCUT2D eigenvalue weighted by molar-refractivity contribution is 5.89. The molecule has 2 rings (SSSR count). The van der Waals surface area contributed by atoms with Crippen LogP contribution in [0.15, 0.2) is 12.4 Å². The van der Waals surface area contributed by atoms with Crippen molar-refractivity contribution in [3.63, 3.8) is 0 Å². The number of urea groups is 1. The molecule has 0 radical (unpaired) electrons. The minimum absolute atomic E-state index is 0.0251. The molecule has 1 aromatic heterocycles. The van der Waals surface area contributed by atoms with Crippen LogP contribution in [0.25, 0.3) is 0 Å². The molecule has 0 spiro atoms. The maximum Gasteiger partial charge on any atom is 0.319 e. The van der Waals surface area contributed by atoms with Crippen LogP contribution in [0.1, 0.15) is 19.8 Å². The van der Waals surface area contributed by atoms with Gasteiger partial charge >= 0.3 is 6.03 Å². The van der Waals surface area contributed by atoms with Crippen molar-refractivity contribution in [3.8, 4) is 0 Å². The predicted octanol–water partition coefficient (Wildman–Crippen LogP) is 0.235. The number of nitrogens with one attached hydrogen (secondary N) is 3. The number of nitrogens with zero attached hydrogens (tertiary/aromatic N) is 3. The van der Waals surface area contributed by atoms with E-state index in [0.29, 0.717) is 12.2 Å². The lowest BCUT2D eigenvalue weighted by molar-refractivity contribution is -0.122. The van der Waals surface area contributed by atoms with Crippen molar-refractivity contribution >= 4 is 17.6 Å². The molecular formula is C14H24N6O2. The van der Waals surface area contributed by atoms with Gasteiger partial charge in [0.15, 0.2) is 0 Å². The molecule has 3 N–H and O–H groups in total. The summed E-state index contributed by atoms with van der Waals surface area (Å²) >= 11 is 0. The van der Waals surface area contributed by atoms with Crippen LogP contribution in [-0.2, 0) is 11.3 Å². The summed E-state index contributed by atoms with van der Waals surface area (Å²) in [4.78, 5) is 25.4. The molecule has 0 saturated carbocycles. The fourth-order valence-corrected chi connectivity index (χ4v) is 2.47. The van der Waals surface area contributed by atoms with Gasteiger partial charge in [0.1, 0.15) is 0 Å². The van der Waals surface area contributed by atoms with Crippen LogP contribution in [0.5, 0.6) is 0 Å². The number of hydrogen-bond donors (Lipinski definition) is 3. The van der Waals surface area contributed by atoms with Crippen molar-refractivity contribution in [3.05, 3.63) is 12.4 Å². The molecule has 1 fully saturated rings. The molecule has 0 aliphatic carbocycles. The predicted molar refractivity (Wildman–Crippen MR) is 83.6 cm³/mol. The molecule has 1 aliphatic rings. The zero-order valence-corrected chi connectivity index (χ0v) is 13.1. The van der Waals surface area contributed by atoms with Gasteiger partial charge in [0.25, 0.3) is 0 Å². The van der Waals surface area contributed by atoms with Gasteiger partial charge in [-0.3, -0.25) is 14.4 Å². The van der Waals surface area contributed by atoms with Crippen molar-refractivity contribution in [2.45, 2.75) is 32.4 Å². The minimum atomic E-state index is -0.208. The summed E-state index contributed by atoms with van der Waals surface area (Å²) in [5.41, 5.74) is 0.691. The molecule has 0 aromatic carbocycles. The van der Waals surface area contributed by atoms with Gasteiger partial charge in [-0.2, -0.15) is 5.10 Å². The van der Waals surface area contributed by atoms with Crippen molar-refractivity contribution in [2.75, 3.05) is 32.0 Å². The Balaban J connectivity index is 1.71. The third-order valence-electron chi connectivity index (χ3n) is 3.78. The number of anilines is 1. The van der Waals surface area contributed by atoms with Gasteiger partial charge in [0, 0.05) is 38.9 Å². The van der Waals surface area contributed by atoms with Gasteiger partial charge in [-0.15, -0.1) is 0 Å². The van der Waals surface area contributed by atoms with E-state index < -0.39 is 0 Å². The van der Waals surface area contributed by atoms with E-state index in [9.17, 15) is 9.59 Å². The fourth-order valence-electron chi connectivity index (χ4n) is 2.47. The molecule has 1 aromatic rings. The third-order valence-corrected chi connectivity index (χ3v) is 3.78. The monoisotopic (exact) mass is 308 g/mol. The van der Waals surface area contributed by atoms with Gasteiger partial charge < -0.3 is 16.0 Å². The lowest BCUT2D eigenvalue weighted by Crippen LogP contribution is -2.47. The first-order chi connectivity index (χ1) is 10.6. The van der Waals surface area contributed by atoms with Gasteiger partial charge in [-0.25, -0.2) is 4.79 Å². The standard InChI is InChI=1S/C14H24N6O2/c1-3-20-9-12(8-16-20)18-14(22)17-11-4-6-19(7-5-11)10-13(21)15-2/h8-9,11H,3-7,10H2,1-2H3,(H,15,21)(H2,17,18,22). The summed E-state index contributed by atoms with van der Waals surface area (Å²) in [5.74, 6) is 0.0251. The zero-order chi connectivity index (χ0) is 15.9. The quantitative estimate of drug-likeness (QED) is 0.726. The summed E-state index contributed by atoms with van der Waals surface area (Å²) in [6.45, 7) is 4.81. The number of likely N-dealkylation sites (N-methyl/N-ethyl adjacent to an activating group) is 1. The van der Waals surface area contributed by atoms with E-state index in [1.165, 1.54) is 0 Å². The molecule has 22 heavy (non-hydrogen) atoms. The van der Waals surface area contributed by atoms with Crippen molar-refractivity contribution in [2.24, 2.45) is 0 Å². The molecule has 0 bridgehead atoms. The zero-order valence-electron chi connectivity index (χ0n) is 13.1. The lowest BCUT2D eigenvalue weighted by Gasteiger charge is -2.31. The van der Waals surface area contributed by atoms with Crippen LogP contribution in [0.4, 0.5) is 10.5 Å². The summed E-state index contributed by atoms with van der Waals surface area (Å²) in [7, 11) is 1.64. The molecule has 0 atom stereocenters. The van der Waals surface area contributed by atoms with Crippen LogP contribution in [0, 0.1) is 0 Å². The van der Waals surface area contributed by atoms with Gasteiger partial charge in [-0.05, 0) is 19.8 Å². The van der Waals surface area contributed by atoms with E-state index in [2.05, 4.69) is 25.9 Å². The number of amides is 3. The largest absolute Gasteiger partial charge is 0.358 e. The molecule has 8 heteroatoms. The van der Waals surface area contributed by atoms with Crippen LogP contribution in [-0.4, -0.2) is 59.3 Å². The second kappa shape index (κ2) is 7.79. The van der Waals surface area contributed by atoms with Gasteiger partial charge in [0.05, 0.1) is 18.4 Å². The number of hydrogen-bond acceptors (Lipinski definition) is 4. The molecule has 1 aliphatic heterocycles. The SMILES string of the molecule is CCn1cc(NC(=O)NC2CCN(CC(=O)NC)CC2)cn1. The average molecular weight is 308 g/mol. The van der Waals surface area contributed by atoms with Crippen molar-refractivity contribution < 1.29 is 9.59 Å². The van der Waals surface area contributed by atoms with Crippen molar-refractivity contribution in [1.29, 1.82) is 0 Å². The molecule has 2 heterocycles. The first-order valence-corrected chi connectivity index (χ1v) is 7.63. The van der Waals surface area contributed by atoms with E-state index in [-0.39, 0.29) is 18.0 Å². The molecule has 1 saturated heterocycles. The number of aryl methyl sites for hydroxylation is 1. The smallest absolute Gasteiger partial charge is 0.319 e. The highest BCUT2D eigenvalue weighted by Crippen LogP contribution is 2.11. The van der Waals surface area contributed by atoms with Crippen LogP contribution in [0.3, 0.4) is 0 Å². The van der Waals surface area contributed by atoms with Gasteiger partial charge in [0.2, 0.25) is 5.91 Å². The second-order valence-electron chi connectivity index (χ2n) is 5.41. The van der Waals surface area contributed by atoms with Crippen LogP contribution in [0.2, 0.25) is 0 Å². The first kappa shape index (κ1) is 16.3. The molecule has 122 valence electrons. The number of carbonyl (C=O) groups excluding carboxylic acids is 2. The number of piperidine rings is 1. The fraction of sp³-hybridized carbons (Fsp3) is 0.643. The average Bonchev–Trinajstić information content (AvgIpc) is 2.96. The first-order valence-electron chi connectivity index (χ1n) is 7.63. The normalized spacial score (nSPS) is 16.3. The van der Waals surface area contributed by atoms with Crippen molar-refractivity contribution in [1.82, 2.24) is 25.3 Å². The number of carbonyl (C=O) groups is 2. The number of aromatic nitrogens is 2. The Morgan fingerprint density at radius 3 is 2.68 bits per heavy atom. The van der Waals surface area contributed by atoms with E-state index in [1.54, 1.807) is 24.1 Å². The van der Waals surface area contributed by atoms with Crippen LogP contribution >= 0.6 is 0 Å². The summed E-state index contributed by atoms with van der Waals surface area (Å²) in [6.07, 6.45) is 5.12. The Bertz CT molecular complexity index is 507. The molecule has 3 amide bonds. The Morgan fingerprint density at radius 1 is 1.36 bits per heavy atom. The minimum Gasteiger partial charge on any atom is -0.358 e. The summed E-state index contributed by atoms with van der Waals surface area (Å²) in [5, 5.41) is 12.5. The maximum atomic E-state index is 11.9. The second-order valence-corrected chi connectivity index (χ2v) is 5.41. The van der Waals surface area contributed by atoms with E-state index in [1.807, 2.05) is 6.92 Å².